The van der Waals surface area contributed by atoms with Crippen LogP contribution in [-0.4, -0.2) is 15.0 Å². The molecule has 0 aromatic carbocycles. The second-order valence-electron chi connectivity index (χ2n) is 2.75. The van der Waals surface area contributed by atoms with Gasteiger partial charge in [0, 0.05) is 17.1 Å². The van der Waals surface area contributed by atoms with Crippen LogP contribution in [0.4, 0.5) is 10.9 Å². The number of nitrogens with zero attached hydrogens (tertiary/aromatic N) is 3. The molecular formula is C8H6Cl2N4S. The number of hydrogen-bond acceptors (Lipinski definition) is 5. The predicted molar refractivity (Wildman–Crippen MR) is 62.2 cm³/mol. The number of thiazole rings is 1. The van der Waals surface area contributed by atoms with Crippen molar-refractivity contribution < 1.29 is 0 Å². The first kappa shape index (κ1) is 10.6. The van der Waals surface area contributed by atoms with E-state index in [2.05, 4.69) is 20.3 Å². The topological polar surface area (TPSA) is 50.7 Å². The summed E-state index contributed by atoms with van der Waals surface area (Å²) in [7, 11) is 0. The Morgan fingerprint density at radius 1 is 1.33 bits per heavy atom. The first-order valence-corrected chi connectivity index (χ1v) is 5.60. The van der Waals surface area contributed by atoms with Gasteiger partial charge in [-0.25, -0.2) is 15.0 Å². The van der Waals surface area contributed by atoms with Crippen LogP contribution in [0.3, 0.4) is 0 Å². The number of anilines is 2. The van der Waals surface area contributed by atoms with Crippen LogP contribution in [0.2, 0.25) is 10.4 Å². The Morgan fingerprint density at radius 3 is 2.73 bits per heavy atom. The van der Waals surface area contributed by atoms with Gasteiger partial charge < -0.3 is 5.32 Å². The van der Waals surface area contributed by atoms with E-state index < -0.39 is 0 Å². The number of hydrogen-bond donors (Lipinski definition) is 1. The normalized spacial score (nSPS) is 10.3. The molecule has 7 heteroatoms. The van der Waals surface area contributed by atoms with Gasteiger partial charge in [-0.3, -0.25) is 0 Å². The average molecular weight is 261 g/mol. The Hall–Kier alpha value is -0.910. The van der Waals surface area contributed by atoms with Crippen LogP contribution in [0.5, 0.6) is 0 Å². The minimum Gasteiger partial charge on any atom is -0.316 e. The van der Waals surface area contributed by atoms with Gasteiger partial charge >= 0.3 is 0 Å². The second-order valence-corrected chi connectivity index (χ2v) is 4.71. The standard InChI is InChI=1S/C8H6Cl2N4S/c1-4-3-11-8(15-4)14-6-2-5(9)12-7(10)13-6/h2-3H,1H3,(H,11,12,13,14). The average Bonchev–Trinajstić information content (AvgIpc) is 2.49. The first-order chi connectivity index (χ1) is 7.13. The van der Waals surface area contributed by atoms with E-state index >= 15 is 0 Å². The molecule has 0 saturated carbocycles. The molecule has 2 aromatic heterocycles. The third-order valence-electron chi connectivity index (χ3n) is 1.52. The van der Waals surface area contributed by atoms with Gasteiger partial charge in [0.2, 0.25) is 5.28 Å². The minimum atomic E-state index is 0.110. The third kappa shape index (κ3) is 2.77. The zero-order valence-corrected chi connectivity index (χ0v) is 9.99. The summed E-state index contributed by atoms with van der Waals surface area (Å²) >= 11 is 12.9. The lowest BCUT2D eigenvalue weighted by molar-refractivity contribution is 1.16. The Balaban J connectivity index is 2.24. The molecule has 0 radical (unpaired) electrons. The fraction of sp³-hybridized carbons (Fsp3) is 0.125. The van der Waals surface area contributed by atoms with Crippen molar-refractivity contribution in [2.75, 3.05) is 5.32 Å². The van der Waals surface area contributed by atoms with Crippen LogP contribution < -0.4 is 5.32 Å². The van der Waals surface area contributed by atoms with E-state index in [1.54, 1.807) is 12.3 Å². The van der Waals surface area contributed by atoms with Gasteiger partial charge in [-0.1, -0.05) is 11.6 Å². The van der Waals surface area contributed by atoms with Gasteiger partial charge in [0.1, 0.15) is 11.0 Å². The van der Waals surface area contributed by atoms with E-state index in [0.717, 1.165) is 10.0 Å². The molecule has 1 N–H and O–H groups in total. The van der Waals surface area contributed by atoms with E-state index in [1.165, 1.54) is 11.3 Å². The molecule has 0 spiro atoms. The maximum absolute atomic E-state index is 5.73. The molecule has 0 atom stereocenters. The molecule has 0 unspecified atom stereocenters. The summed E-state index contributed by atoms with van der Waals surface area (Å²) in [5.74, 6) is 0.536. The van der Waals surface area contributed by atoms with E-state index in [0.29, 0.717) is 11.0 Å². The Labute approximate surface area is 100 Å². The molecule has 15 heavy (non-hydrogen) atoms. The van der Waals surface area contributed by atoms with E-state index in [1.807, 2.05) is 6.92 Å². The lowest BCUT2D eigenvalue weighted by atomic mass is 10.6. The number of aromatic nitrogens is 3. The summed E-state index contributed by atoms with van der Waals surface area (Å²) < 4.78 is 0. The molecule has 0 amide bonds. The van der Waals surface area contributed by atoms with Crippen molar-refractivity contribution in [3.05, 3.63) is 27.6 Å². The number of rotatable bonds is 2. The zero-order chi connectivity index (χ0) is 10.8. The Kier molecular flexibility index (Phi) is 3.04. The summed E-state index contributed by atoms with van der Waals surface area (Å²) in [5, 5.41) is 4.15. The van der Waals surface area contributed by atoms with Crippen LogP contribution >= 0.6 is 34.5 Å². The second kappa shape index (κ2) is 4.30. The molecule has 2 aromatic rings. The monoisotopic (exact) mass is 260 g/mol. The van der Waals surface area contributed by atoms with Crippen molar-refractivity contribution in [2.45, 2.75) is 6.92 Å². The van der Waals surface area contributed by atoms with Gasteiger partial charge in [-0.15, -0.1) is 11.3 Å². The molecule has 0 aliphatic heterocycles. The van der Waals surface area contributed by atoms with E-state index in [4.69, 9.17) is 23.2 Å². The van der Waals surface area contributed by atoms with Crippen LogP contribution in [0.1, 0.15) is 4.88 Å². The predicted octanol–water partition coefficient (Wildman–Crippen LogP) is 3.29. The number of aryl methyl sites for hydroxylation is 1. The fourth-order valence-electron chi connectivity index (χ4n) is 0.976. The molecule has 4 nitrogen and oxygen atoms in total. The molecule has 0 bridgehead atoms. The van der Waals surface area contributed by atoms with E-state index in [9.17, 15) is 0 Å². The highest BCUT2D eigenvalue weighted by atomic mass is 35.5. The highest BCUT2D eigenvalue weighted by Gasteiger charge is 2.03. The highest BCUT2D eigenvalue weighted by Crippen LogP contribution is 2.22. The summed E-state index contributed by atoms with van der Waals surface area (Å²) in [4.78, 5) is 13.0. The smallest absolute Gasteiger partial charge is 0.225 e. The van der Waals surface area contributed by atoms with Gasteiger partial charge in [0.15, 0.2) is 5.13 Å². The molecule has 2 heterocycles. The van der Waals surface area contributed by atoms with Crippen LogP contribution in [-0.2, 0) is 0 Å². The quantitative estimate of drug-likeness (QED) is 0.665. The summed E-state index contributed by atoms with van der Waals surface area (Å²) in [5.41, 5.74) is 0. The Bertz CT molecular complexity index is 465. The van der Waals surface area contributed by atoms with Crippen molar-refractivity contribution in [1.82, 2.24) is 15.0 Å². The molecule has 0 aliphatic rings. The lowest BCUT2D eigenvalue weighted by Gasteiger charge is -2.01. The van der Waals surface area contributed by atoms with Crippen molar-refractivity contribution >= 4 is 45.5 Å². The molecule has 0 fully saturated rings. The first-order valence-electron chi connectivity index (χ1n) is 4.03. The molecule has 78 valence electrons. The van der Waals surface area contributed by atoms with Crippen molar-refractivity contribution in [1.29, 1.82) is 0 Å². The van der Waals surface area contributed by atoms with Gasteiger partial charge in [-0.05, 0) is 18.5 Å². The van der Waals surface area contributed by atoms with E-state index in [-0.39, 0.29) is 5.28 Å². The van der Waals surface area contributed by atoms with Crippen molar-refractivity contribution in [3.8, 4) is 0 Å². The highest BCUT2D eigenvalue weighted by molar-refractivity contribution is 7.15. The summed E-state index contributed by atoms with van der Waals surface area (Å²) in [6.45, 7) is 1.97. The van der Waals surface area contributed by atoms with Gasteiger partial charge in [-0.2, -0.15) is 0 Å². The number of nitrogens with one attached hydrogen (secondary N) is 1. The van der Waals surface area contributed by atoms with Crippen molar-refractivity contribution in [2.24, 2.45) is 0 Å². The van der Waals surface area contributed by atoms with Crippen LogP contribution in [0, 0.1) is 6.92 Å². The van der Waals surface area contributed by atoms with Gasteiger partial charge in [0.05, 0.1) is 0 Å². The largest absolute Gasteiger partial charge is 0.316 e. The summed E-state index contributed by atoms with van der Waals surface area (Å²) in [6.07, 6.45) is 1.78. The molecule has 0 aliphatic carbocycles. The SMILES string of the molecule is Cc1cnc(Nc2cc(Cl)nc(Cl)n2)s1. The minimum absolute atomic E-state index is 0.110. The van der Waals surface area contributed by atoms with Crippen LogP contribution in [0.15, 0.2) is 12.3 Å². The maximum atomic E-state index is 5.73. The maximum Gasteiger partial charge on any atom is 0.225 e. The summed E-state index contributed by atoms with van der Waals surface area (Å²) in [6, 6.07) is 1.59. The fourth-order valence-corrected chi connectivity index (χ4v) is 2.06. The lowest BCUT2D eigenvalue weighted by Crippen LogP contribution is -1.94. The molecule has 2 rings (SSSR count). The zero-order valence-electron chi connectivity index (χ0n) is 7.66. The van der Waals surface area contributed by atoms with Crippen LogP contribution in [0.25, 0.3) is 0 Å². The number of halogens is 2. The van der Waals surface area contributed by atoms with Gasteiger partial charge in [0.25, 0.3) is 0 Å². The third-order valence-corrected chi connectivity index (χ3v) is 2.71. The van der Waals surface area contributed by atoms with Crippen molar-refractivity contribution in [3.63, 3.8) is 0 Å². The molecule has 0 saturated heterocycles. The molecular weight excluding hydrogens is 255 g/mol. The Morgan fingerprint density at radius 2 is 2.13 bits per heavy atom.